The summed E-state index contributed by atoms with van der Waals surface area (Å²) in [6.07, 6.45) is 0.557. The number of nitrogens with zero attached hydrogens (tertiary/aromatic N) is 2. The zero-order valence-electron chi connectivity index (χ0n) is 16.0. The number of hydrogen-bond acceptors (Lipinski definition) is 5. The van der Waals surface area contributed by atoms with Crippen LogP contribution in [0.1, 0.15) is 17.5 Å². The lowest BCUT2D eigenvalue weighted by atomic mass is 9.83. The number of rotatable bonds is 6. The first-order valence-corrected chi connectivity index (χ1v) is 10.5. The Kier molecular flexibility index (Phi) is 6.29. The fourth-order valence-electron chi connectivity index (χ4n) is 3.64. The van der Waals surface area contributed by atoms with E-state index in [4.69, 9.17) is 37.9 Å². The molecule has 0 bridgehead atoms. The first-order chi connectivity index (χ1) is 14.1. The third-order valence-corrected chi connectivity index (χ3v) is 6.24. The van der Waals surface area contributed by atoms with Gasteiger partial charge in [-0.3, -0.25) is 0 Å². The van der Waals surface area contributed by atoms with Gasteiger partial charge in [0.25, 0.3) is 0 Å². The van der Waals surface area contributed by atoms with Crippen molar-refractivity contribution >= 4 is 28.9 Å². The Labute approximate surface area is 181 Å². The molecule has 0 aliphatic carbocycles. The third-order valence-electron chi connectivity index (χ3n) is 5.50. The summed E-state index contributed by atoms with van der Waals surface area (Å²) < 4.78 is 11.9. The van der Waals surface area contributed by atoms with Crippen LogP contribution < -0.4 is 10.2 Å². The maximum absolute atomic E-state index is 9.07. The predicted octanol–water partition coefficient (Wildman–Crippen LogP) is 4.22. The molecular formula is C22H23Cl2N3O2. The highest BCUT2D eigenvalue weighted by atomic mass is 35.5. The van der Waals surface area contributed by atoms with Crippen LogP contribution >= 0.6 is 23.2 Å². The molecule has 0 atom stereocenters. The quantitative estimate of drug-likeness (QED) is 0.741. The van der Waals surface area contributed by atoms with E-state index >= 15 is 0 Å². The lowest BCUT2D eigenvalue weighted by molar-refractivity contribution is -0.239. The van der Waals surface area contributed by atoms with Crippen LogP contribution in [0.15, 0.2) is 42.5 Å². The summed E-state index contributed by atoms with van der Waals surface area (Å²) in [7, 11) is 0. The van der Waals surface area contributed by atoms with Gasteiger partial charge in [-0.25, -0.2) is 0 Å². The van der Waals surface area contributed by atoms with E-state index < -0.39 is 0 Å². The van der Waals surface area contributed by atoms with Gasteiger partial charge in [0.05, 0.1) is 34.9 Å². The normalized spacial score (nSPS) is 18.2. The number of ether oxygens (including phenoxy) is 2. The van der Waals surface area contributed by atoms with Crippen LogP contribution in [0, 0.1) is 16.7 Å². The summed E-state index contributed by atoms with van der Waals surface area (Å²) >= 11 is 12.3. The average molecular weight is 432 g/mol. The minimum absolute atomic E-state index is 0.170. The number of halogens is 2. The number of hydrogen-bond donors (Lipinski definition) is 1. The van der Waals surface area contributed by atoms with E-state index in [2.05, 4.69) is 16.3 Å². The average Bonchev–Trinajstić information content (AvgIpc) is 2.73. The minimum atomic E-state index is -0.198. The zero-order chi connectivity index (χ0) is 20.3. The van der Waals surface area contributed by atoms with E-state index in [1.807, 2.05) is 42.5 Å². The van der Waals surface area contributed by atoms with Gasteiger partial charge in [-0.05, 0) is 42.0 Å². The summed E-state index contributed by atoms with van der Waals surface area (Å²) in [6.45, 7) is 4.84. The van der Waals surface area contributed by atoms with Crippen LogP contribution in [0.4, 0.5) is 5.69 Å². The highest BCUT2D eigenvalue weighted by Crippen LogP contribution is 2.30. The van der Waals surface area contributed by atoms with Gasteiger partial charge in [-0.15, -0.1) is 0 Å². The van der Waals surface area contributed by atoms with Gasteiger partial charge in [0.2, 0.25) is 0 Å². The minimum Gasteiger partial charge on any atom is -0.367 e. The van der Waals surface area contributed by atoms with Gasteiger partial charge in [0.1, 0.15) is 0 Å². The van der Waals surface area contributed by atoms with Crippen molar-refractivity contribution in [1.82, 2.24) is 5.32 Å². The highest BCUT2D eigenvalue weighted by molar-refractivity contribution is 6.42. The monoisotopic (exact) mass is 431 g/mol. The summed E-state index contributed by atoms with van der Waals surface area (Å²) in [6, 6.07) is 15.4. The second kappa shape index (κ2) is 8.91. The third kappa shape index (κ3) is 4.85. The molecule has 2 aromatic rings. The fraction of sp³-hybridized carbons (Fsp3) is 0.409. The molecule has 152 valence electrons. The summed E-state index contributed by atoms with van der Waals surface area (Å²) in [5, 5.41) is 13.5. The molecule has 2 saturated heterocycles. The molecule has 29 heavy (non-hydrogen) atoms. The topological polar surface area (TPSA) is 57.5 Å². The Morgan fingerprint density at radius 3 is 2.38 bits per heavy atom. The van der Waals surface area contributed by atoms with E-state index in [1.54, 1.807) is 0 Å². The molecule has 0 radical (unpaired) electrons. The van der Waals surface area contributed by atoms with Gasteiger partial charge in [-0.1, -0.05) is 29.3 Å². The van der Waals surface area contributed by atoms with Crippen molar-refractivity contribution in [3.05, 3.63) is 63.6 Å². The van der Waals surface area contributed by atoms with Gasteiger partial charge >= 0.3 is 0 Å². The Hall–Kier alpha value is -1.81. The van der Waals surface area contributed by atoms with E-state index in [1.165, 1.54) is 0 Å². The SMILES string of the molecule is N#Cc1ccc(N(CCC2OCC3(CNC3)CO2)Cc2ccc(Cl)c(Cl)c2)cc1. The molecule has 0 unspecified atom stereocenters. The molecule has 0 aromatic heterocycles. The van der Waals surface area contributed by atoms with Crippen molar-refractivity contribution in [3.8, 4) is 6.07 Å². The smallest absolute Gasteiger partial charge is 0.159 e. The summed E-state index contributed by atoms with van der Waals surface area (Å²) in [5.41, 5.74) is 2.91. The molecule has 2 heterocycles. The molecule has 2 aliphatic heterocycles. The van der Waals surface area contributed by atoms with Crippen LogP contribution in [0.25, 0.3) is 0 Å². The van der Waals surface area contributed by atoms with E-state index in [0.717, 1.165) is 50.5 Å². The van der Waals surface area contributed by atoms with Crippen LogP contribution in [0.3, 0.4) is 0 Å². The maximum Gasteiger partial charge on any atom is 0.159 e. The van der Waals surface area contributed by atoms with Gasteiger partial charge < -0.3 is 19.7 Å². The number of anilines is 1. The van der Waals surface area contributed by atoms with Crippen molar-refractivity contribution < 1.29 is 9.47 Å². The first-order valence-electron chi connectivity index (χ1n) is 9.70. The number of benzene rings is 2. The molecule has 2 aliphatic rings. The molecule has 2 fully saturated rings. The van der Waals surface area contributed by atoms with Crippen LogP contribution in [-0.4, -0.2) is 39.1 Å². The second-order valence-electron chi connectivity index (χ2n) is 7.77. The Bertz CT molecular complexity index is 884. The highest BCUT2D eigenvalue weighted by Gasteiger charge is 2.41. The molecule has 5 nitrogen and oxygen atoms in total. The van der Waals surface area contributed by atoms with Crippen molar-refractivity contribution in [2.24, 2.45) is 5.41 Å². The van der Waals surface area contributed by atoms with Crippen molar-refractivity contribution in [3.63, 3.8) is 0 Å². The lowest BCUT2D eigenvalue weighted by Gasteiger charge is -2.46. The Morgan fingerprint density at radius 1 is 1.07 bits per heavy atom. The van der Waals surface area contributed by atoms with Crippen molar-refractivity contribution in [1.29, 1.82) is 5.26 Å². The summed E-state index contributed by atoms with van der Waals surface area (Å²) in [4.78, 5) is 2.24. The van der Waals surface area contributed by atoms with E-state index in [0.29, 0.717) is 22.2 Å². The van der Waals surface area contributed by atoms with Crippen molar-refractivity contribution in [2.75, 3.05) is 37.7 Å². The van der Waals surface area contributed by atoms with Gasteiger partial charge in [-0.2, -0.15) is 5.26 Å². The fourth-order valence-corrected chi connectivity index (χ4v) is 3.97. The Morgan fingerprint density at radius 2 is 1.79 bits per heavy atom. The largest absolute Gasteiger partial charge is 0.367 e. The molecular weight excluding hydrogens is 409 g/mol. The molecule has 2 aromatic carbocycles. The van der Waals surface area contributed by atoms with Crippen LogP contribution in [0.5, 0.6) is 0 Å². The molecule has 0 amide bonds. The first kappa shape index (κ1) is 20.5. The summed E-state index contributed by atoms with van der Waals surface area (Å²) in [5.74, 6) is 0. The Balaban J connectivity index is 1.43. The second-order valence-corrected chi connectivity index (χ2v) is 8.59. The van der Waals surface area contributed by atoms with E-state index in [-0.39, 0.29) is 11.7 Å². The molecule has 4 rings (SSSR count). The number of nitriles is 1. The molecule has 0 saturated carbocycles. The predicted molar refractivity (Wildman–Crippen MR) is 114 cm³/mol. The zero-order valence-corrected chi connectivity index (χ0v) is 17.5. The molecule has 7 heteroatoms. The maximum atomic E-state index is 9.07. The molecule has 1 spiro atoms. The van der Waals surface area contributed by atoms with Crippen molar-refractivity contribution in [2.45, 2.75) is 19.3 Å². The lowest BCUT2D eigenvalue weighted by Crippen LogP contribution is -2.61. The molecule has 1 N–H and O–H groups in total. The van der Waals surface area contributed by atoms with Gasteiger partial charge in [0, 0.05) is 43.7 Å². The van der Waals surface area contributed by atoms with Crippen LogP contribution in [-0.2, 0) is 16.0 Å². The van der Waals surface area contributed by atoms with Gasteiger partial charge in [0.15, 0.2) is 6.29 Å². The van der Waals surface area contributed by atoms with Crippen LogP contribution in [0.2, 0.25) is 10.0 Å². The number of nitrogens with one attached hydrogen (secondary N) is 1. The van der Waals surface area contributed by atoms with E-state index in [9.17, 15) is 0 Å². The standard InChI is InChI=1S/C22H23Cl2N3O2/c23-19-6-3-17(9-20(19)24)11-27(18-4-1-16(10-25)2-5-18)8-7-21-28-14-22(15-29-21)12-26-13-22/h1-6,9,21,26H,7-8,11-15H2.